The molecule has 0 saturated carbocycles. The lowest BCUT2D eigenvalue weighted by Crippen LogP contribution is -2.09. The van der Waals surface area contributed by atoms with E-state index < -0.39 is 0 Å². The molecule has 1 rings (SSSR count). The Balaban J connectivity index is 3.28. The van der Waals surface area contributed by atoms with Gasteiger partial charge < -0.3 is 14.2 Å². The molecule has 18 heavy (non-hydrogen) atoms. The number of carbonyl (C=O) groups excluding carboxylic acids is 1. The largest absolute Gasteiger partial charge is 0.493 e. The van der Waals surface area contributed by atoms with Gasteiger partial charge in [-0.25, -0.2) is 9.79 Å². The monoisotopic (exact) mass is 251 g/mol. The fourth-order valence-corrected chi connectivity index (χ4v) is 1.55. The van der Waals surface area contributed by atoms with E-state index in [1.807, 2.05) is 13.8 Å². The van der Waals surface area contributed by atoms with Gasteiger partial charge in [0.05, 0.1) is 26.9 Å². The molecule has 5 nitrogen and oxygen atoms in total. The molecule has 0 unspecified atom stereocenters. The fourth-order valence-electron chi connectivity index (χ4n) is 1.55. The van der Waals surface area contributed by atoms with Crippen molar-refractivity contribution in [2.75, 3.05) is 14.2 Å². The van der Waals surface area contributed by atoms with Gasteiger partial charge in [-0.2, -0.15) is 0 Å². The highest BCUT2D eigenvalue weighted by Crippen LogP contribution is 2.40. The van der Waals surface area contributed by atoms with Crippen LogP contribution >= 0.6 is 0 Å². The predicted octanol–water partition coefficient (Wildman–Crippen LogP) is 2.33. The van der Waals surface area contributed by atoms with E-state index in [-0.39, 0.29) is 12.6 Å². The molecule has 0 heterocycles. The Morgan fingerprint density at radius 3 is 2.44 bits per heavy atom. The quantitative estimate of drug-likeness (QED) is 0.575. The van der Waals surface area contributed by atoms with Gasteiger partial charge in [0.15, 0.2) is 11.5 Å². The Kier molecular flexibility index (Phi) is 5.21. The minimum absolute atomic E-state index is 0.0232. The Morgan fingerprint density at radius 2 is 1.94 bits per heavy atom. The van der Waals surface area contributed by atoms with Crippen LogP contribution in [0.4, 0.5) is 0 Å². The van der Waals surface area contributed by atoms with Gasteiger partial charge in [0, 0.05) is 5.56 Å². The van der Waals surface area contributed by atoms with E-state index in [0.717, 1.165) is 5.56 Å². The van der Waals surface area contributed by atoms with Crippen LogP contribution in [0.2, 0.25) is 0 Å². The molecule has 0 atom stereocenters. The third kappa shape index (κ3) is 3.25. The summed E-state index contributed by atoms with van der Waals surface area (Å²) in [5, 5.41) is 0. The van der Waals surface area contributed by atoms with Gasteiger partial charge in [-0.05, 0) is 26.0 Å². The fraction of sp³-hybridized carbons (Fsp3) is 0.462. The van der Waals surface area contributed by atoms with Crippen molar-refractivity contribution < 1.29 is 19.0 Å². The van der Waals surface area contributed by atoms with Crippen LogP contribution in [0.15, 0.2) is 17.1 Å². The van der Waals surface area contributed by atoms with E-state index in [0.29, 0.717) is 17.2 Å². The zero-order chi connectivity index (χ0) is 13.5. The van der Waals surface area contributed by atoms with E-state index in [9.17, 15) is 4.79 Å². The van der Waals surface area contributed by atoms with Crippen molar-refractivity contribution >= 4 is 6.08 Å². The normalized spacial score (nSPS) is 9.83. The second-order valence-electron chi connectivity index (χ2n) is 3.86. The predicted molar refractivity (Wildman–Crippen MR) is 67.1 cm³/mol. The van der Waals surface area contributed by atoms with Crippen LogP contribution in [-0.4, -0.2) is 26.4 Å². The molecule has 0 bridgehead atoms. The van der Waals surface area contributed by atoms with Crippen molar-refractivity contribution in [1.82, 2.24) is 0 Å². The third-order valence-corrected chi connectivity index (χ3v) is 2.25. The first-order valence-corrected chi connectivity index (χ1v) is 5.58. The Labute approximate surface area is 106 Å². The van der Waals surface area contributed by atoms with Gasteiger partial charge in [-0.1, -0.05) is 0 Å². The lowest BCUT2D eigenvalue weighted by molar-refractivity contribution is 0.224. The average molecular weight is 251 g/mol. The van der Waals surface area contributed by atoms with Gasteiger partial charge in [0.2, 0.25) is 11.8 Å². The molecule has 0 radical (unpaired) electrons. The lowest BCUT2D eigenvalue weighted by Gasteiger charge is -2.18. The molecular weight excluding hydrogens is 234 g/mol. The van der Waals surface area contributed by atoms with Gasteiger partial charge in [0.1, 0.15) is 0 Å². The molecule has 0 aliphatic heterocycles. The minimum atomic E-state index is -0.0232. The zero-order valence-electron chi connectivity index (χ0n) is 11.0. The topological polar surface area (TPSA) is 57.1 Å². The van der Waals surface area contributed by atoms with Crippen LogP contribution in [0.25, 0.3) is 0 Å². The van der Waals surface area contributed by atoms with E-state index in [1.54, 1.807) is 19.2 Å². The Bertz CT molecular complexity index is 451. The highest BCUT2D eigenvalue weighted by Gasteiger charge is 2.17. The second-order valence-corrected chi connectivity index (χ2v) is 3.86. The number of hydrogen-bond donors (Lipinski definition) is 0. The highest BCUT2D eigenvalue weighted by molar-refractivity contribution is 5.56. The molecule has 0 aromatic heterocycles. The standard InChI is InChI=1S/C13H17NO4/c1-9(2)18-12-10(7-14-8-15)5-6-11(16-3)13(12)17-4/h5-6,9H,7H2,1-4H3. The number of methoxy groups -OCH3 is 2. The Morgan fingerprint density at radius 1 is 1.22 bits per heavy atom. The molecule has 1 aromatic carbocycles. The van der Waals surface area contributed by atoms with Gasteiger partial charge >= 0.3 is 0 Å². The van der Waals surface area contributed by atoms with Crippen LogP contribution in [0.5, 0.6) is 17.2 Å². The molecule has 1 aromatic rings. The number of hydrogen-bond acceptors (Lipinski definition) is 5. The summed E-state index contributed by atoms with van der Waals surface area (Å²) in [6.07, 6.45) is 1.49. The molecule has 0 aliphatic rings. The average Bonchev–Trinajstić information content (AvgIpc) is 2.36. The molecule has 0 aliphatic carbocycles. The molecule has 0 saturated heterocycles. The van der Waals surface area contributed by atoms with Crippen LogP contribution in [0.1, 0.15) is 19.4 Å². The highest BCUT2D eigenvalue weighted by atomic mass is 16.5. The first-order valence-electron chi connectivity index (χ1n) is 5.58. The second kappa shape index (κ2) is 6.67. The van der Waals surface area contributed by atoms with Crippen LogP contribution in [0, 0.1) is 0 Å². The summed E-state index contributed by atoms with van der Waals surface area (Å²) in [4.78, 5) is 13.8. The Hall–Kier alpha value is -2.00. The van der Waals surface area contributed by atoms with Crippen LogP contribution < -0.4 is 14.2 Å². The van der Waals surface area contributed by atoms with E-state index >= 15 is 0 Å². The summed E-state index contributed by atoms with van der Waals surface area (Å²) in [5.41, 5.74) is 0.754. The van der Waals surface area contributed by atoms with E-state index in [1.165, 1.54) is 13.2 Å². The summed E-state index contributed by atoms with van der Waals surface area (Å²) in [6, 6.07) is 3.54. The maximum Gasteiger partial charge on any atom is 0.235 e. The minimum Gasteiger partial charge on any atom is -0.493 e. The van der Waals surface area contributed by atoms with Crippen molar-refractivity contribution in [3.63, 3.8) is 0 Å². The number of rotatable bonds is 6. The SMILES string of the molecule is COc1ccc(CN=C=O)c(OC(C)C)c1OC. The molecule has 0 fully saturated rings. The zero-order valence-corrected chi connectivity index (χ0v) is 11.0. The number of nitrogens with zero attached hydrogens (tertiary/aromatic N) is 1. The number of benzene rings is 1. The summed E-state index contributed by atoms with van der Waals surface area (Å²) in [5.74, 6) is 1.63. The molecule has 5 heteroatoms. The van der Waals surface area contributed by atoms with Crippen molar-refractivity contribution in [2.24, 2.45) is 4.99 Å². The van der Waals surface area contributed by atoms with E-state index in [2.05, 4.69) is 4.99 Å². The van der Waals surface area contributed by atoms with Crippen LogP contribution in [-0.2, 0) is 11.3 Å². The lowest BCUT2D eigenvalue weighted by atomic mass is 10.1. The van der Waals surface area contributed by atoms with Gasteiger partial charge in [0.25, 0.3) is 0 Å². The first-order chi connectivity index (χ1) is 8.63. The van der Waals surface area contributed by atoms with Gasteiger partial charge in [-0.3, -0.25) is 0 Å². The molecular formula is C13H17NO4. The first kappa shape index (κ1) is 14.1. The summed E-state index contributed by atoms with van der Waals surface area (Å²) < 4.78 is 16.2. The van der Waals surface area contributed by atoms with Crippen molar-refractivity contribution in [1.29, 1.82) is 0 Å². The maximum atomic E-state index is 10.2. The number of aliphatic imine (C=N–C) groups is 1. The molecule has 0 N–H and O–H groups in total. The third-order valence-electron chi connectivity index (χ3n) is 2.25. The summed E-state index contributed by atoms with van der Waals surface area (Å²) in [6.45, 7) is 4.02. The summed E-state index contributed by atoms with van der Waals surface area (Å²) in [7, 11) is 3.10. The van der Waals surface area contributed by atoms with E-state index in [4.69, 9.17) is 14.2 Å². The molecule has 98 valence electrons. The summed E-state index contributed by atoms with van der Waals surface area (Å²) >= 11 is 0. The number of isocyanates is 1. The van der Waals surface area contributed by atoms with Crippen molar-refractivity contribution in [3.8, 4) is 17.2 Å². The smallest absolute Gasteiger partial charge is 0.235 e. The van der Waals surface area contributed by atoms with Gasteiger partial charge in [-0.15, -0.1) is 0 Å². The maximum absolute atomic E-state index is 10.2. The molecule has 0 amide bonds. The van der Waals surface area contributed by atoms with Crippen molar-refractivity contribution in [2.45, 2.75) is 26.5 Å². The van der Waals surface area contributed by atoms with Crippen molar-refractivity contribution in [3.05, 3.63) is 17.7 Å². The molecule has 0 spiro atoms. The number of ether oxygens (including phenoxy) is 3. The van der Waals surface area contributed by atoms with Crippen LogP contribution in [0.3, 0.4) is 0 Å².